The first-order chi connectivity index (χ1) is 7.70. The molecule has 6 nitrogen and oxygen atoms in total. The fraction of sp³-hybridized carbons (Fsp3) is 0.700. The van der Waals surface area contributed by atoms with Crippen LogP contribution in [0.3, 0.4) is 0 Å². The van der Waals surface area contributed by atoms with E-state index in [1.807, 2.05) is 6.92 Å². The van der Waals surface area contributed by atoms with Crippen LogP contribution >= 0.6 is 7.60 Å². The van der Waals surface area contributed by atoms with Crippen LogP contribution in [0.1, 0.15) is 19.8 Å². The minimum absolute atomic E-state index is 0.113. The van der Waals surface area contributed by atoms with Crippen LogP contribution in [0.5, 0.6) is 0 Å². The lowest BCUT2D eigenvalue weighted by atomic mass is 9.78. The first kappa shape index (κ1) is 14.4. The van der Waals surface area contributed by atoms with Gasteiger partial charge in [-0.3, -0.25) is 9.36 Å². The van der Waals surface area contributed by atoms with E-state index in [9.17, 15) is 9.36 Å². The zero-order chi connectivity index (χ0) is 13.2. The van der Waals surface area contributed by atoms with Crippen LogP contribution in [0.2, 0.25) is 0 Å². The number of hydrogen-bond donors (Lipinski definition) is 4. The summed E-state index contributed by atoms with van der Waals surface area (Å²) in [4.78, 5) is 28.6. The van der Waals surface area contributed by atoms with Gasteiger partial charge in [-0.05, 0) is 18.8 Å². The number of carboxylic acids is 1. The molecule has 0 amide bonds. The van der Waals surface area contributed by atoms with Crippen molar-refractivity contribution in [2.45, 2.75) is 25.8 Å². The summed E-state index contributed by atoms with van der Waals surface area (Å²) >= 11 is 0. The molecule has 0 heterocycles. The van der Waals surface area contributed by atoms with Gasteiger partial charge in [0.25, 0.3) is 0 Å². The Morgan fingerprint density at radius 1 is 1.65 bits per heavy atom. The van der Waals surface area contributed by atoms with Gasteiger partial charge in [-0.15, -0.1) is 0 Å². The Morgan fingerprint density at radius 2 is 2.24 bits per heavy atom. The summed E-state index contributed by atoms with van der Waals surface area (Å²) < 4.78 is 10.9. The third-order valence-corrected chi connectivity index (χ3v) is 3.93. The van der Waals surface area contributed by atoms with Gasteiger partial charge in [0.2, 0.25) is 0 Å². The fourth-order valence-corrected chi connectivity index (χ4v) is 2.94. The first-order valence-corrected chi connectivity index (χ1v) is 7.23. The van der Waals surface area contributed by atoms with Gasteiger partial charge in [0.1, 0.15) is 6.04 Å². The second kappa shape index (κ2) is 5.31. The summed E-state index contributed by atoms with van der Waals surface area (Å²) in [5.41, 5.74) is 6.18. The smallest absolute Gasteiger partial charge is 0.329 e. The van der Waals surface area contributed by atoms with Gasteiger partial charge in [0.05, 0.1) is 6.16 Å². The van der Waals surface area contributed by atoms with E-state index in [2.05, 4.69) is 0 Å². The topological polar surface area (TPSA) is 121 Å². The standard InChI is InChI=1S/C10H18NO5P/c1-6-2-3-7(5-17(14,15)16)4-8(6)9(11)10(12)13/h4,6,8-9H,2-3,5,11H2,1H3,(H,12,13)(H2,14,15,16)/t6-,8+,9-/m1/s1. The number of rotatable bonds is 4. The van der Waals surface area contributed by atoms with E-state index < -0.39 is 19.6 Å². The molecule has 3 atom stereocenters. The van der Waals surface area contributed by atoms with Crippen LogP contribution in [-0.2, 0) is 9.36 Å². The number of carboxylic acid groups (broad SMARTS) is 1. The van der Waals surface area contributed by atoms with E-state index in [0.29, 0.717) is 18.4 Å². The summed E-state index contributed by atoms with van der Waals surface area (Å²) in [6, 6.07) is -1.02. The van der Waals surface area contributed by atoms with Crippen LogP contribution in [-0.4, -0.2) is 33.1 Å². The average molecular weight is 263 g/mol. The van der Waals surface area contributed by atoms with Gasteiger partial charge < -0.3 is 20.6 Å². The van der Waals surface area contributed by atoms with Crippen LogP contribution < -0.4 is 5.73 Å². The fourth-order valence-electron chi connectivity index (χ4n) is 2.14. The minimum Gasteiger partial charge on any atom is -0.480 e. The lowest BCUT2D eigenvalue weighted by molar-refractivity contribution is -0.139. The molecular weight excluding hydrogens is 245 g/mol. The molecule has 1 aliphatic carbocycles. The van der Waals surface area contributed by atoms with Crippen LogP contribution in [0, 0.1) is 11.8 Å². The third-order valence-electron chi connectivity index (χ3n) is 3.11. The summed E-state index contributed by atoms with van der Waals surface area (Å²) in [5, 5.41) is 8.86. The highest BCUT2D eigenvalue weighted by Crippen LogP contribution is 2.41. The molecule has 5 N–H and O–H groups in total. The summed E-state index contributed by atoms with van der Waals surface area (Å²) in [6.07, 6.45) is 2.63. The average Bonchev–Trinajstić information content (AvgIpc) is 2.17. The maximum Gasteiger partial charge on any atom is 0.329 e. The first-order valence-electron chi connectivity index (χ1n) is 5.43. The second-order valence-electron chi connectivity index (χ2n) is 4.61. The molecule has 1 rings (SSSR count). The van der Waals surface area contributed by atoms with Crippen LogP contribution in [0.25, 0.3) is 0 Å². The van der Waals surface area contributed by atoms with E-state index >= 15 is 0 Å². The zero-order valence-electron chi connectivity index (χ0n) is 9.61. The lowest BCUT2D eigenvalue weighted by Crippen LogP contribution is -2.41. The van der Waals surface area contributed by atoms with Crippen LogP contribution in [0.15, 0.2) is 11.6 Å². The molecule has 0 unspecified atom stereocenters. The summed E-state index contributed by atoms with van der Waals surface area (Å²) in [5.74, 6) is -1.33. The molecule has 1 aliphatic rings. The van der Waals surface area contributed by atoms with Gasteiger partial charge in [-0.2, -0.15) is 0 Å². The second-order valence-corrected chi connectivity index (χ2v) is 6.25. The number of aliphatic carboxylic acids is 1. The maximum absolute atomic E-state index is 10.9. The van der Waals surface area contributed by atoms with Gasteiger partial charge >= 0.3 is 13.6 Å². The minimum atomic E-state index is -4.09. The van der Waals surface area contributed by atoms with E-state index in [4.69, 9.17) is 20.6 Å². The molecule has 98 valence electrons. The molecule has 0 saturated heterocycles. The molecule has 17 heavy (non-hydrogen) atoms. The Hall–Kier alpha value is -0.680. The number of carbonyl (C=O) groups is 1. The van der Waals surface area contributed by atoms with E-state index in [1.165, 1.54) is 0 Å². The Bertz CT molecular complexity index is 375. The van der Waals surface area contributed by atoms with Crippen molar-refractivity contribution >= 4 is 13.6 Å². The number of hydrogen-bond acceptors (Lipinski definition) is 3. The van der Waals surface area contributed by atoms with E-state index in [1.54, 1.807) is 6.08 Å². The van der Waals surface area contributed by atoms with Crippen molar-refractivity contribution in [3.8, 4) is 0 Å². The van der Waals surface area contributed by atoms with Crippen molar-refractivity contribution < 1.29 is 24.3 Å². The summed E-state index contributed by atoms with van der Waals surface area (Å²) in [6.45, 7) is 1.90. The van der Waals surface area contributed by atoms with Gasteiger partial charge in [0, 0.05) is 5.92 Å². The highest BCUT2D eigenvalue weighted by Gasteiger charge is 2.31. The highest BCUT2D eigenvalue weighted by molar-refractivity contribution is 7.52. The highest BCUT2D eigenvalue weighted by atomic mass is 31.2. The number of allylic oxidation sites excluding steroid dienone is 1. The van der Waals surface area contributed by atoms with Gasteiger partial charge in [0.15, 0.2) is 0 Å². The number of nitrogens with two attached hydrogens (primary N) is 1. The Kier molecular flexibility index (Phi) is 4.49. The molecule has 0 spiro atoms. The van der Waals surface area contributed by atoms with Crippen LogP contribution in [0.4, 0.5) is 0 Å². The molecule has 0 saturated carbocycles. The SMILES string of the molecule is C[C@@H]1CCC(CP(=O)(O)O)=C[C@@H]1[C@@H](N)C(=O)O. The molecule has 0 aliphatic heterocycles. The largest absolute Gasteiger partial charge is 0.480 e. The van der Waals surface area contributed by atoms with Crippen molar-refractivity contribution in [2.75, 3.05) is 6.16 Å². The summed E-state index contributed by atoms with van der Waals surface area (Å²) in [7, 11) is -4.09. The van der Waals surface area contributed by atoms with Crippen molar-refractivity contribution in [3.05, 3.63) is 11.6 Å². The Labute approximate surface area is 99.7 Å². The molecule has 7 heteroatoms. The van der Waals surface area contributed by atoms with E-state index in [0.717, 1.165) is 0 Å². The van der Waals surface area contributed by atoms with Gasteiger partial charge in [-0.25, -0.2) is 0 Å². The van der Waals surface area contributed by atoms with Gasteiger partial charge in [-0.1, -0.05) is 18.6 Å². The Balaban J connectivity index is 2.85. The normalized spacial score (nSPS) is 27.4. The Morgan fingerprint density at radius 3 is 2.71 bits per heavy atom. The van der Waals surface area contributed by atoms with E-state index in [-0.39, 0.29) is 18.0 Å². The van der Waals surface area contributed by atoms with Crippen molar-refractivity contribution in [2.24, 2.45) is 17.6 Å². The molecule has 0 radical (unpaired) electrons. The van der Waals surface area contributed by atoms with Crippen molar-refractivity contribution in [3.63, 3.8) is 0 Å². The molecule has 0 aromatic heterocycles. The predicted molar refractivity (Wildman–Crippen MR) is 62.5 cm³/mol. The zero-order valence-corrected chi connectivity index (χ0v) is 10.5. The quantitative estimate of drug-likeness (QED) is 0.434. The molecule has 0 aromatic rings. The molecule has 0 aromatic carbocycles. The maximum atomic E-state index is 10.9. The monoisotopic (exact) mass is 263 g/mol. The molecule has 0 fully saturated rings. The molecular formula is C10H18NO5P. The lowest BCUT2D eigenvalue weighted by Gasteiger charge is -2.30. The van der Waals surface area contributed by atoms with Crippen molar-refractivity contribution in [1.82, 2.24) is 0 Å². The predicted octanol–water partition coefficient (Wildman–Crippen LogP) is 0.548. The van der Waals surface area contributed by atoms with Crippen molar-refractivity contribution in [1.29, 1.82) is 0 Å². The molecule has 0 bridgehead atoms. The third kappa shape index (κ3) is 4.24.